The van der Waals surface area contributed by atoms with Crippen LogP contribution in [0.25, 0.3) is 0 Å². The zero-order valence-electron chi connectivity index (χ0n) is 17.4. The fourth-order valence-electron chi connectivity index (χ4n) is 4.33. The maximum Gasteiger partial charge on any atom is 0.416 e. The van der Waals surface area contributed by atoms with E-state index in [2.05, 4.69) is 5.32 Å². The summed E-state index contributed by atoms with van der Waals surface area (Å²) >= 11 is 0. The Morgan fingerprint density at radius 1 is 1.19 bits per heavy atom. The number of alkyl halides is 3. The van der Waals surface area contributed by atoms with Crippen LogP contribution < -0.4 is 5.32 Å². The van der Waals surface area contributed by atoms with Crippen LogP contribution in [0.15, 0.2) is 35.5 Å². The molecule has 3 aliphatic rings. The van der Waals surface area contributed by atoms with Crippen LogP contribution in [-0.4, -0.2) is 78.5 Å². The van der Waals surface area contributed by atoms with E-state index < -0.39 is 29.7 Å². The summed E-state index contributed by atoms with van der Waals surface area (Å²) in [6, 6.07) is 3.04. The fraction of sp³-hybridized carbons (Fsp3) is 0.476. The largest absolute Gasteiger partial charge is 0.416 e. The number of morpholine rings is 1. The highest BCUT2D eigenvalue weighted by molar-refractivity contribution is 6.03. The predicted octanol–water partition coefficient (Wildman–Crippen LogP) is 1.75. The number of amides is 4. The summed E-state index contributed by atoms with van der Waals surface area (Å²) in [5.41, 5.74) is -0.722. The van der Waals surface area contributed by atoms with Crippen molar-refractivity contribution in [3.63, 3.8) is 0 Å². The molecule has 1 atom stereocenters. The highest BCUT2D eigenvalue weighted by atomic mass is 19.4. The van der Waals surface area contributed by atoms with Crippen LogP contribution in [0.2, 0.25) is 0 Å². The summed E-state index contributed by atoms with van der Waals surface area (Å²) in [4.78, 5) is 42.8. The van der Waals surface area contributed by atoms with Gasteiger partial charge in [0, 0.05) is 19.6 Å². The number of benzene rings is 1. The summed E-state index contributed by atoms with van der Waals surface area (Å²) in [6.45, 7) is 3.35. The molecule has 1 aromatic rings. The smallest absolute Gasteiger partial charge is 0.378 e. The third kappa shape index (κ3) is 3.92. The van der Waals surface area contributed by atoms with Gasteiger partial charge in [0.2, 0.25) is 5.91 Å². The molecule has 0 unspecified atom stereocenters. The van der Waals surface area contributed by atoms with Crippen molar-refractivity contribution in [1.29, 1.82) is 0 Å². The lowest BCUT2D eigenvalue weighted by Crippen LogP contribution is -2.47. The van der Waals surface area contributed by atoms with E-state index in [-0.39, 0.29) is 36.7 Å². The van der Waals surface area contributed by atoms with Crippen molar-refractivity contribution in [2.24, 2.45) is 0 Å². The molecular weight excluding hydrogens is 429 g/mol. The summed E-state index contributed by atoms with van der Waals surface area (Å²) in [5.74, 6) is -0.821. The predicted molar refractivity (Wildman–Crippen MR) is 106 cm³/mol. The Bertz CT molecular complexity index is 972. The molecule has 11 heteroatoms. The minimum absolute atomic E-state index is 0.0177. The molecule has 1 fully saturated rings. The first-order valence-corrected chi connectivity index (χ1v) is 10.3. The molecule has 1 aromatic carbocycles. The number of carbonyl (C=O) groups is 3. The second-order valence-electron chi connectivity index (χ2n) is 7.73. The van der Waals surface area contributed by atoms with Gasteiger partial charge in [-0.3, -0.25) is 14.5 Å². The Kier molecular flexibility index (Phi) is 5.85. The van der Waals surface area contributed by atoms with Gasteiger partial charge in [-0.25, -0.2) is 4.79 Å². The van der Waals surface area contributed by atoms with E-state index in [1.807, 2.05) is 0 Å². The van der Waals surface area contributed by atoms with Gasteiger partial charge in [-0.2, -0.15) is 13.2 Å². The number of urea groups is 1. The molecule has 0 saturated carbocycles. The van der Waals surface area contributed by atoms with E-state index in [9.17, 15) is 27.6 Å². The Balaban J connectivity index is 1.67. The van der Waals surface area contributed by atoms with E-state index in [0.29, 0.717) is 32.0 Å². The molecular formula is C21H23F3N4O4. The van der Waals surface area contributed by atoms with Gasteiger partial charge in [-0.1, -0.05) is 18.2 Å². The van der Waals surface area contributed by atoms with Crippen molar-refractivity contribution in [2.45, 2.75) is 19.1 Å². The van der Waals surface area contributed by atoms with Gasteiger partial charge in [0.25, 0.3) is 5.91 Å². The van der Waals surface area contributed by atoms with Gasteiger partial charge in [0.05, 0.1) is 42.6 Å². The molecule has 0 radical (unpaired) electrons. The third-order valence-electron chi connectivity index (χ3n) is 5.88. The lowest BCUT2D eigenvalue weighted by Gasteiger charge is -2.33. The molecule has 4 amide bonds. The summed E-state index contributed by atoms with van der Waals surface area (Å²) < 4.78 is 46.2. The van der Waals surface area contributed by atoms with Crippen LogP contribution in [0.5, 0.6) is 0 Å². The van der Waals surface area contributed by atoms with E-state index in [4.69, 9.17) is 4.74 Å². The third-order valence-corrected chi connectivity index (χ3v) is 5.88. The number of hydrogen-bond acceptors (Lipinski definition) is 4. The first kappa shape index (κ1) is 22.1. The quantitative estimate of drug-likeness (QED) is 0.755. The highest BCUT2D eigenvalue weighted by Crippen LogP contribution is 2.41. The molecule has 3 heterocycles. The van der Waals surface area contributed by atoms with Crippen LogP contribution in [-0.2, 0) is 20.5 Å². The zero-order chi connectivity index (χ0) is 23.0. The Labute approximate surface area is 182 Å². The van der Waals surface area contributed by atoms with E-state index in [1.54, 1.807) is 11.8 Å². The summed E-state index contributed by atoms with van der Waals surface area (Å²) in [7, 11) is 0. The average molecular weight is 452 g/mol. The van der Waals surface area contributed by atoms with Gasteiger partial charge in [-0.15, -0.1) is 0 Å². The topological polar surface area (TPSA) is 82.2 Å². The van der Waals surface area contributed by atoms with E-state index >= 15 is 0 Å². The molecule has 0 aromatic heterocycles. The van der Waals surface area contributed by atoms with Crippen LogP contribution in [0.3, 0.4) is 0 Å². The number of nitrogens with zero attached hydrogens (tertiary/aromatic N) is 3. The van der Waals surface area contributed by atoms with Gasteiger partial charge in [0.15, 0.2) is 0 Å². The van der Waals surface area contributed by atoms with Gasteiger partial charge in [-0.05, 0) is 18.6 Å². The molecule has 32 heavy (non-hydrogen) atoms. The number of rotatable bonds is 4. The second kappa shape index (κ2) is 8.45. The standard InChI is InChI=1S/C21H23F3N4O4/c1-2-28-15-11-27(12-16(29)26-7-9-32-10-8-26)19(30)17(15)18(25-20(28)31)13-5-3-4-6-14(13)21(22,23)24/h3-6,18H,2,7-12H2,1H3,(H,25,31)/t18-/m1/s1. The number of halogens is 3. The van der Waals surface area contributed by atoms with Crippen molar-refractivity contribution >= 4 is 17.8 Å². The van der Waals surface area contributed by atoms with Gasteiger partial charge < -0.3 is 19.9 Å². The van der Waals surface area contributed by atoms with E-state index in [1.165, 1.54) is 28.0 Å². The minimum Gasteiger partial charge on any atom is -0.378 e. The summed E-state index contributed by atoms with van der Waals surface area (Å²) in [5, 5.41) is 2.56. The summed E-state index contributed by atoms with van der Waals surface area (Å²) in [6.07, 6.45) is -4.66. The molecule has 0 bridgehead atoms. The second-order valence-corrected chi connectivity index (χ2v) is 7.73. The number of nitrogens with one attached hydrogen (secondary N) is 1. The van der Waals surface area contributed by atoms with Crippen LogP contribution in [0.4, 0.5) is 18.0 Å². The first-order chi connectivity index (χ1) is 15.2. The van der Waals surface area contributed by atoms with Crippen molar-refractivity contribution < 1.29 is 32.3 Å². The van der Waals surface area contributed by atoms with Crippen molar-refractivity contribution in [1.82, 2.24) is 20.0 Å². The van der Waals surface area contributed by atoms with Crippen molar-refractivity contribution in [3.8, 4) is 0 Å². The van der Waals surface area contributed by atoms with Crippen molar-refractivity contribution in [3.05, 3.63) is 46.7 Å². The molecule has 4 rings (SSSR count). The normalized spacial score (nSPS) is 21.8. The molecule has 8 nitrogen and oxygen atoms in total. The van der Waals surface area contributed by atoms with Crippen LogP contribution >= 0.6 is 0 Å². The van der Waals surface area contributed by atoms with Gasteiger partial charge in [0.1, 0.15) is 6.54 Å². The first-order valence-electron chi connectivity index (χ1n) is 10.3. The molecule has 172 valence electrons. The molecule has 0 aliphatic carbocycles. The molecule has 0 spiro atoms. The van der Waals surface area contributed by atoms with E-state index in [0.717, 1.165) is 6.07 Å². The van der Waals surface area contributed by atoms with Gasteiger partial charge >= 0.3 is 12.2 Å². The molecule has 3 aliphatic heterocycles. The fourth-order valence-corrected chi connectivity index (χ4v) is 4.33. The zero-order valence-corrected chi connectivity index (χ0v) is 17.4. The lowest BCUT2D eigenvalue weighted by atomic mass is 9.91. The number of likely N-dealkylation sites (N-methyl/N-ethyl adjacent to an activating group) is 1. The minimum atomic E-state index is -4.66. The Morgan fingerprint density at radius 3 is 2.53 bits per heavy atom. The van der Waals surface area contributed by atoms with Crippen LogP contribution in [0, 0.1) is 0 Å². The molecule has 1 N–H and O–H groups in total. The SMILES string of the molecule is CCN1C(=O)N[C@H](c2ccccc2C(F)(F)F)C2=C1CN(CC(=O)N1CCOCC1)C2=O. The maximum absolute atomic E-state index is 13.6. The number of carbonyl (C=O) groups excluding carboxylic acids is 3. The van der Waals surface area contributed by atoms with Crippen molar-refractivity contribution in [2.75, 3.05) is 45.9 Å². The highest BCUT2D eigenvalue weighted by Gasteiger charge is 2.46. The monoisotopic (exact) mass is 452 g/mol. The Morgan fingerprint density at radius 2 is 1.88 bits per heavy atom. The number of ether oxygens (including phenoxy) is 1. The number of hydrogen-bond donors (Lipinski definition) is 1. The van der Waals surface area contributed by atoms with Crippen LogP contribution in [0.1, 0.15) is 24.1 Å². The average Bonchev–Trinajstić information content (AvgIpc) is 3.09. The Hall–Kier alpha value is -3.08. The molecule has 1 saturated heterocycles. The lowest BCUT2D eigenvalue weighted by molar-refractivity contribution is -0.140. The maximum atomic E-state index is 13.6.